The molecule has 8 nitrogen and oxygen atoms in total. The number of fused-ring (bicyclic) bond motifs is 3. The quantitative estimate of drug-likeness (QED) is 0.550. The van der Waals surface area contributed by atoms with Gasteiger partial charge in [-0.3, -0.25) is 4.79 Å². The number of carbonyl (C=O) groups excluding carboxylic acids is 2. The number of hydrogen-bond acceptors (Lipinski definition) is 5. The Kier molecular flexibility index (Phi) is 7.17. The van der Waals surface area contributed by atoms with Crippen molar-refractivity contribution in [3.63, 3.8) is 0 Å². The topological polar surface area (TPSA) is 114 Å². The number of aliphatic carboxylic acids is 1. The van der Waals surface area contributed by atoms with E-state index in [4.69, 9.17) is 9.47 Å². The molecule has 1 aliphatic heterocycles. The molecule has 2 amide bonds. The van der Waals surface area contributed by atoms with E-state index >= 15 is 0 Å². The number of ether oxygens (including phenoxy) is 2. The molecule has 3 N–H and O–H groups in total. The highest BCUT2D eigenvalue weighted by atomic mass is 16.5. The molecule has 8 heteroatoms. The molecule has 180 valence electrons. The number of carbonyl (C=O) groups is 3. The van der Waals surface area contributed by atoms with Crippen molar-refractivity contribution in [2.24, 2.45) is 5.92 Å². The summed E-state index contributed by atoms with van der Waals surface area (Å²) in [6, 6.07) is 14.7. The molecule has 1 aliphatic carbocycles. The lowest BCUT2D eigenvalue weighted by Gasteiger charge is -2.24. The molecule has 0 aromatic heterocycles. The molecule has 34 heavy (non-hydrogen) atoms. The van der Waals surface area contributed by atoms with Crippen LogP contribution in [0.2, 0.25) is 0 Å². The molecular weight excluding hydrogens is 436 g/mol. The summed E-state index contributed by atoms with van der Waals surface area (Å²) < 4.78 is 10.8. The van der Waals surface area contributed by atoms with Gasteiger partial charge in [-0.2, -0.15) is 0 Å². The Bertz CT molecular complexity index is 1020. The van der Waals surface area contributed by atoms with Crippen LogP contribution in [-0.4, -0.2) is 54.5 Å². The van der Waals surface area contributed by atoms with Gasteiger partial charge in [0, 0.05) is 12.5 Å². The average Bonchev–Trinajstić information content (AvgIpc) is 3.39. The van der Waals surface area contributed by atoms with E-state index in [-0.39, 0.29) is 25.0 Å². The summed E-state index contributed by atoms with van der Waals surface area (Å²) in [5.41, 5.74) is 4.48. The molecule has 4 rings (SSSR count). The standard InChI is InChI=1S/C26H30N2O6/c1-15(2)13-22(24(29)27-21-11-12-33-23(21)25(30)31)28-26(32)34-14-20-18-9-5-3-7-16(18)17-8-4-6-10-19(17)20/h3-10,15,20-23H,11-14H2,1-2H3,(H,27,29)(H,28,32)(H,30,31). The lowest BCUT2D eigenvalue weighted by atomic mass is 9.98. The predicted octanol–water partition coefficient (Wildman–Crippen LogP) is 3.30. The Labute approximate surface area is 198 Å². The molecule has 1 saturated heterocycles. The Hall–Kier alpha value is -3.39. The molecule has 1 fully saturated rings. The average molecular weight is 467 g/mol. The van der Waals surface area contributed by atoms with Gasteiger partial charge in [0.1, 0.15) is 12.6 Å². The minimum Gasteiger partial charge on any atom is -0.479 e. The van der Waals surface area contributed by atoms with E-state index in [0.717, 1.165) is 22.3 Å². The third-order valence-electron chi connectivity index (χ3n) is 6.32. The highest BCUT2D eigenvalue weighted by Crippen LogP contribution is 2.44. The minimum absolute atomic E-state index is 0.0810. The van der Waals surface area contributed by atoms with E-state index in [1.54, 1.807) is 0 Å². The van der Waals surface area contributed by atoms with E-state index in [0.29, 0.717) is 12.8 Å². The van der Waals surface area contributed by atoms with Gasteiger partial charge in [0.15, 0.2) is 6.10 Å². The SMILES string of the molecule is CC(C)CC(NC(=O)OCC1c2ccccc2-c2ccccc21)C(=O)NC1CCOC1C(=O)O. The zero-order chi connectivity index (χ0) is 24.2. The van der Waals surface area contributed by atoms with Crippen molar-refractivity contribution in [1.29, 1.82) is 0 Å². The van der Waals surface area contributed by atoms with E-state index in [1.807, 2.05) is 50.2 Å². The number of benzene rings is 2. The number of rotatable bonds is 8. The van der Waals surface area contributed by atoms with Gasteiger partial charge in [-0.15, -0.1) is 0 Å². The smallest absolute Gasteiger partial charge is 0.407 e. The Balaban J connectivity index is 1.40. The lowest BCUT2D eigenvalue weighted by molar-refractivity contribution is -0.148. The van der Waals surface area contributed by atoms with Crippen molar-refractivity contribution in [1.82, 2.24) is 10.6 Å². The van der Waals surface area contributed by atoms with E-state index in [1.165, 1.54) is 0 Å². The third-order valence-corrected chi connectivity index (χ3v) is 6.32. The molecule has 0 radical (unpaired) electrons. The largest absolute Gasteiger partial charge is 0.479 e. The van der Waals surface area contributed by atoms with Gasteiger partial charge in [0.25, 0.3) is 0 Å². The fourth-order valence-electron chi connectivity index (χ4n) is 4.75. The van der Waals surface area contributed by atoms with Crippen molar-refractivity contribution in [3.8, 4) is 11.1 Å². The monoisotopic (exact) mass is 466 g/mol. The molecule has 2 aromatic carbocycles. The van der Waals surface area contributed by atoms with Crippen molar-refractivity contribution < 1.29 is 29.0 Å². The normalized spacial score (nSPS) is 19.9. The second-order valence-corrected chi connectivity index (χ2v) is 9.19. The van der Waals surface area contributed by atoms with Crippen LogP contribution >= 0.6 is 0 Å². The molecule has 1 heterocycles. The summed E-state index contributed by atoms with van der Waals surface area (Å²) in [5.74, 6) is -1.51. The Morgan fingerprint density at radius 3 is 2.26 bits per heavy atom. The van der Waals surface area contributed by atoms with E-state index in [2.05, 4.69) is 22.8 Å². The van der Waals surface area contributed by atoms with Gasteiger partial charge in [0.2, 0.25) is 5.91 Å². The Morgan fingerprint density at radius 2 is 1.68 bits per heavy atom. The molecular formula is C26H30N2O6. The number of carboxylic acids is 1. The van der Waals surface area contributed by atoms with Crippen LogP contribution in [0.3, 0.4) is 0 Å². The van der Waals surface area contributed by atoms with Crippen molar-refractivity contribution in [2.75, 3.05) is 13.2 Å². The van der Waals surface area contributed by atoms with Crippen LogP contribution in [-0.2, 0) is 19.1 Å². The minimum atomic E-state index is -1.12. The van der Waals surface area contributed by atoms with Crippen LogP contribution in [0.1, 0.15) is 43.7 Å². The first-order valence-corrected chi connectivity index (χ1v) is 11.6. The Morgan fingerprint density at radius 1 is 1.06 bits per heavy atom. The fraction of sp³-hybridized carbons (Fsp3) is 0.423. The fourth-order valence-corrected chi connectivity index (χ4v) is 4.75. The summed E-state index contributed by atoms with van der Waals surface area (Å²) in [5, 5.41) is 14.7. The number of amides is 2. The maximum absolute atomic E-state index is 12.9. The van der Waals surface area contributed by atoms with Crippen molar-refractivity contribution in [3.05, 3.63) is 59.7 Å². The van der Waals surface area contributed by atoms with Crippen LogP contribution in [0.15, 0.2) is 48.5 Å². The number of carboxylic acid groups (broad SMARTS) is 1. The van der Waals surface area contributed by atoms with E-state index in [9.17, 15) is 19.5 Å². The lowest BCUT2D eigenvalue weighted by Crippen LogP contribution is -2.53. The molecule has 0 saturated carbocycles. The second-order valence-electron chi connectivity index (χ2n) is 9.19. The first-order chi connectivity index (χ1) is 16.3. The van der Waals surface area contributed by atoms with Gasteiger partial charge >= 0.3 is 12.1 Å². The highest BCUT2D eigenvalue weighted by Gasteiger charge is 2.37. The van der Waals surface area contributed by atoms with Gasteiger partial charge in [-0.1, -0.05) is 62.4 Å². The molecule has 2 aromatic rings. The van der Waals surface area contributed by atoms with Crippen LogP contribution in [0, 0.1) is 5.92 Å². The molecule has 0 bridgehead atoms. The van der Waals surface area contributed by atoms with Crippen LogP contribution in [0.4, 0.5) is 4.79 Å². The zero-order valence-electron chi connectivity index (χ0n) is 19.3. The first-order valence-electron chi connectivity index (χ1n) is 11.6. The maximum Gasteiger partial charge on any atom is 0.407 e. The first kappa shape index (κ1) is 23.8. The highest BCUT2D eigenvalue weighted by molar-refractivity contribution is 5.87. The van der Waals surface area contributed by atoms with Crippen LogP contribution < -0.4 is 10.6 Å². The second kappa shape index (κ2) is 10.3. The van der Waals surface area contributed by atoms with Gasteiger partial charge < -0.3 is 25.2 Å². The summed E-state index contributed by atoms with van der Waals surface area (Å²) in [6.45, 7) is 4.29. The van der Waals surface area contributed by atoms with Crippen LogP contribution in [0.25, 0.3) is 11.1 Å². The van der Waals surface area contributed by atoms with Gasteiger partial charge in [-0.25, -0.2) is 9.59 Å². The van der Waals surface area contributed by atoms with Crippen molar-refractivity contribution >= 4 is 18.0 Å². The van der Waals surface area contributed by atoms with Gasteiger partial charge in [-0.05, 0) is 41.0 Å². The molecule has 3 unspecified atom stereocenters. The summed E-state index contributed by atoms with van der Waals surface area (Å²) in [4.78, 5) is 36.9. The van der Waals surface area contributed by atoms with Crippen LogP contribution in [0.5, 0.6) is 0 Å². The van der Waals surface area contributed by atoms with E-state index < -0.39 is 36.2 Å². The molecule has 0 spiro atoms. The predicted molar refractivity (Wildman–Crippen MR) is 125 cm³/mol. The molecule has 2 aliphatic rings. The summed E-state index contributed by atoms with van der Waals surface area (Å²) in [7, 11) is 0. The van der Waals surface area contributed by atoms with Gasteiger partial charge in [0.05, 0.1) is 6.04 Å². The van der Waals surface area contributed by atoms with Crippen molar-refractivity contribution in [2.45, 2.75) is 50.8 Å². The third kappa shape index (κ3) is 5.07. The maximum atomic E-state index is 12.9. The molecule has 3 atom stereocenters. The number of hydrogen-bond donors (Lipinski definition) is 3. The summed E-state index contributed by atoms with van der Waals surface area (Å²) in [6.07, 6.45) is -0.971. The number of alkyl carbamates (subject to hydrolysis) is 1. The number of nitrogens with one attached hydrogen (secondary N) is 2. The summed E-state index contributed by atoms with van der Waals surface area (Å²) >= 11 is 0. The zero-order valence-corrected chi connectivity index (χ0v) is 19.3.